The molecule has 0 amide bonds. The molecule has 1 N–H and O–H groups in total. The fraction of sp³-hybridized carbons (Fsp3) is 1.00. The Hall–Kier alpha value is 0.230. The van der Waals surface area contributed by atoms with Gasteiger partial charge in [-0.25, -0.2) is 0 Å². The third-order valence-corrected chi connectivity index (χ3v) is 7.58. The Labute approximate surface area is 132 Å². The summed E-state index contributed by atoms with van der Waals surface area (Å²) in [7, 11) is 0. The molecule has 0 aromatic carbocycles. The summed E-state index contributed by atoms with van der Waals surface area (Å²) < 4.78 is 6.24. The second-order valence-electron chi connectivity index (χ2n) is 7.62. The van der Waals surface area contributed by atoms with E-state index >= 15 is 0 Å². The number of fused-ring (bicyclic) bond motifs is 1. The first-order chi connectivity index (χ1) is 10.2. The summed E-state index contributed by atoms with van der Waals surface area (Å²) in [6.45, 7) is 3.18. The summed E-state index contributed by atoms with van der Waals surface area (Å²) in [5, 5.41) is 11.5. The molecular formula is C17H29NO2S. The molecule has 0 aromatic heterocycles. The first-order valence-electron chi connectivity index (χ1n) is 8.90. The Kier molecular flexibility index (Phi) is 4.02. The van der Waals surface area contributed by atoms with Gasteiger partial charge in [0.25, 0.3) is 0 Å². The highest BCUT2D eigenvalue weighted by molar-refractivity contribution is 7.99. The normalized spacial score (nSPS) is 43.9. The molecule has 4 fully saturated rings. The average Bonchev–Trinajstić information content (AvgIpc) is 2.87. The molecule has 4 rings (SSSR count). The molecule has 4 aliphatic rings. The minimum atomic E-state index is -0.429. The van der Waals surface area contributed by atoms with E-state index in [0.29, 0.717) is 12.0 Å². The van der Waals surface area contributed by atoms with Crippen LogP contribution in [-0.4, -0.2) is 58.5 Å². The van der Waals surface area contributed by atoms with Crippen molar-refractivity contribution in [3.63, 3.8) is 0 Å². The van der Waals surface area contributed by atoms with Crippen molar-refractivity contribution in [1.82, 2.24) is 4.90 Å². The lowest BCUT2D eigenvalue weighted by Gasteiger charge is -2.49. The van der Waals surface area contributed by atoms with Crippen molar-refractivity contribution in [3.05, 3.63) is 0 Å². The quantitative estimate of drug-likeness (QED) is 0.807. The van der Waals surface area contributed by atoms with Crippen LogP contribution in [0.15, 0.2) is 0 Å². The van der Waals surface area contributed by atoms with Gasteiger partial charge in [0.1, 0.15) is 0 Å². The Morgan fingerprint density at radius 1 is 1.05 bits per heavy atom. The van der Waals surface area contributed by atoms with Gasteiger partial charge in [0, 0.05) is 19.2 Å². The smallest absolute Gasteiger partial charge is 0.0844 e. The maximum atomic E-state index is 11.5. The molecule has 0 radical (unpaired) electrons. The van der Waals surface area contributed by atoms with Crippen LogP contribution in [0.1, 0.15) is 51.4 Å². The van der Waals surface area contributed by atoms with Crippen molar-refractivity contribution < 1.29 is 9.84 Å². The molecule has 3 unspecified atom stereocenters. The summed E-state index contributed by atoms with van der Waals surface area (Å²) in [6, 6.07) is 0.435. The van der Waals surface area contributed by atoms with E-state index in [1.807, 2.05) is 0 Å². The van der Waals surface area contributed by atoms with E-state index < -0.39 is 5.60 Å². The van der Waals surface area contributed by atoms with Gasteiger partial charge in [-0.3, -0.25) is 4.90 Å². The second kappa shape index (κ2) is 5.70. The van der Waals surface area contributed by atoms with Crippen LogP contribution < -0.4 is 0 Å². The van der Waals surface area contributed by atoms with E-state index in [4.69, 9.17) is 4.74 Å². The van der Waals surface area contributed by atoms with Crippen molar-refractivity contribution in [1.29, 1.82) is 0 Å². The van der Waals surface area contributed by atoms with Crippen molar-refractivity contribution in [2.24, 2.45) is 5.92 Å². The Morgan fingerprint density at radius 2 is 1.90 bits per heavy atom. The zero-order valence-corrected chi connectivity index (χ0v) is 13.9. The Balaban J connectivity index is 1.52. The summed E-state index contributed by atoms with van der Waals surface area (Å²) in [5.74, 6) is 2.93. The number of hydrogen-bond acceptors (Lipinski definition) is 4. The van der Waals surface area contributed by atoms with Gasteiger partial charge >= 0.3 is 0 Å². The average molecular weight is 311 g/mol. The van der Waals surface area contributed by atoms with Gasteiger partial charge in [0.05, 0.1) is 11.2 Å². The van der Waals surface area contributed by atoms with Crippen molar-refractivity contribution in [2.75, 3.05) is 31.2 Å². The molecule has 1 spiro atoms. The topological polar surface area (TPSA) is 32.7 Å². The molecule has 4 saturated heterocycles. The number of aliphatic hydroxyl groups is 1. The van der Waals surface area contributed by atoms with Gasteiger partial charge in [-0.05, 0) is 68.9 Å². The molecule has 0 saturated carbocycles. The molecular weight excluding hydrogens is 282 g/mol. The summed E-state index contributed by atoms with van der Waals surface area (Å²) in [4.78, 5) is 2.57. The van der Waals surface area contributed by atoms with Crippen LogP contribution in [-0.2, 0) is 4.74 Å². The van der Waals surface area contributed by atoms with E-state index in [9.17, 15) is 5.11 Å². The van der Waals surface area contributed by atoms with Crippen molar-refractivity contribution in [3.8, 4) is 0 Å². The number of hydrogen-bond donors (Lipinski definition) is 1. The molecule has 4 heteroatoms. The lowest BCUT2D eigenvalue weighted by molar-refractivity contribution is -0.155. The van der Waals surface area contributed by atoms with Crippen molar-refractivity contribution in [2.45, 2.75) is 68.6 Å². The summed E-state index contributed by atoms with van der Waals surface area (Å²) >= 11 is 2.06. The fourth-order valence-electron chi connectivity index (χ4n) is 5.34. The first-order valence-corrected chi connectivity index (χ1v) is 10.1. The Morgan fingerprint density at radius 3 is 2.76 bits per heavy atom. The van der Waals surface area contributed by atoms with Gasteiger partial charge in [-0.2, -0.15) is 11.8 Å². The molecule has 0 bridgehead atoms. The van der Waals surface area contributed by atoms with Crippen LogP contribution >= 0.6 is 11.8 Å². The number of piperidine rings is 1. The maximum absolute atomic E-state index is 11.5. The summed E-state index contributed by atoms with van der Waals surface area (Å²) in [5.41, 5.74) is -0.326. The van der Waals surface area contributed by atoms with Crippen LogP contribution in [0.2, 0.25) is 0 Å². The third-order valence-electron chi connectivity index (χ3n) is 6.59. The van der Waals surface area contributed by atoms with Crippen LogP contribution in [0.5, 0.6) is 0 Å². The summed E-state index contributed by atoms with van der Waals surface area (Å²) in [6.07, 6.45) is 9.38. The van der Waals surface area contributed by atoms with Crippen LogP contribution in [0.4, 0.5) is 0 Å². The maximum Gasteiger partial charge on any atom is 0.0844 e. The highest BCUT2D eigenvalue weighted by atomic mass is 32.2. The van der Waals surface area contributed by atoms with Gasteiger partial charge in [-0.15, -0.1) is 0 Å². The number of rotatable bonds is 1. The van der Waals surface area contributed by atoms with Gasteiger partial charge in [-0.1, -0.05) is 6.42 Å². The molecule has 21 heavy (non-hydrogen) atoms. The molecule has 4 heterocycles. The van der Waals surface area contributed by atoms with Gasteiger partial charge in [0.2, 0.25) is 0 Å². The van der Waals surface area contributed by atoms with Crippen LogP contribution in [0, 0.1) is 5.92 Å². The monoisotopic (exact) mass is 311 g/mol. The first kappa shape index (κ1) is 14.8. The minimum Gasteiger partial charge on any atom is -0.388 e. The van der Waals surface area contributed by atoms with Crippen LogP contribution in [0.25, 0.3) is 0 Å². The molecule has 3 atom stereocenters. The van der Waals surface area contributed by atoms with Crippen LogP contribution in [0.3, 0.4) is 0 Å². The number of ether oxygens (including phenoxy) is 1. The lowest BCUT2D eigenvalue weighted by atomic mass is 9.69. The van der Waals surface area contributed by atoms with E-state index in [-0.39, 0.29) is 5.60 Å². The highest BCUT2D eigenvalue weighted by Crippen LogP contribution is 2.48. The predicted molar refractivity (Wildman–Crippen MR) is 86.7 cm³/mol. The second-order valence-corrected chi connectivity index (χ2v) is 8.85. The number of nitrogens with zero attached hydrogens (tertiary/aromatic N) is 1. The minimum absolute atomic E-state index is 0.103. The molecule has 3 nitrogen and oxygen atoms in total. The SMILES string of the molecule is OC1(C2CCOC3(CCSCC3)C2)CCN2CCCCC21. The zero-order chi connectivity index (χ0) is 14.3. The molecule has 0 aliphatic carbocycles. The zero-order valence-electron chi connectivity index (χ0n) is 13.1. The third kappa shape index (κ3) is 2.56. The predicted octanol–water partition coefficient (Wildman–Crippen LogP) is 2.67. The fourth-order valence-corrected chi connectivity index (χ4v) is 6.57. The standard InChI is InChI=1S/C17H29NO2S/c19-17(5-9-18-8-2-1-3-15(17)18)14-4-10-20-16(13-14)6-11-21-12-7-16/h14-15,19H,1-13H2. The molecule has 4 aliphatic heterocycles. The van der Waals surface area contributed by atoms with E-state index in [1.165, 1.54) is 50.2 Å². The number of thioether (sulfide) groups is 1. The highest BCUT2D eigenvalue weighted by Gasteiger charge is 2.54. The van der Waals surface area contributed by atoms with Gasteiger partial charge in [0.15, 0.2) is 0 Å². The lowest BCUT2D eigenvalue weighted by Crippen LogP contribution is -2.56. The van der Waals surface area contributed by atoms with Gasteiger partial charge < -0.3 is 9.84 Å². The largest absolute Gasteiger partial charge is 0.388 e. The van der Waals surface area contributed by atoms with E-state index in [1.54, 1.807) is 0 Å². The molecule has 120 valence electrons. The van der Waals surface area contributed by atoms with Crippen molar-refractivity contribution >= 4 is 11.8 Å². The van der Waals surface area contributed by atoms with E-state index in [2.05, 4.69) is 16.7 Å². The molecule has 0 aromatic rings. The Bertz CT molecular complexity index is 379. The van der Waals surface area contributed by atoms with E-state index in [0.717, 1.165) is 32.4 Å².